The lowest BCUT2D eigenvalue weighted by Gasteiger charge is -2.19. The van der Waals surface area contributed by atoms with Crippen molar-refractivity contribution in [3.63, 3.8) is 0 Å². The van der Waals surface area contributed by atoms with Crippen molar-refractivity contribution in [3.8, 4) is 0 Å². The van der Waals surface area contributed by atoms with Gasteiger partial charge in [-0.2, -0.15) is 0 Å². The number of carbonyl (C=O) groups is 2. The standard InChI is InChI=1S/C8H12O3/c1-6(9)4-7-5-11-3-2-8(7)10/h7H,2-5H2,1H3. The largest absolute Gasteiger partial charge is 0.380 e. The van der Waals surface area contributed by atoms with Gasteiger partial charge in [-0.1, -0.05) is 0 Å². The Bertz CT molecular complexity index is 174. The van der Waals surface area contributed by atoms with Crippen LogP contribution in [0.1, 0.15) is 19.8 Å². The van der Waals surface area contributed by atoms with E-state index in [9.17, 15) is 9.59 Å². The van der Waals surface area contributed by atoms with Crippen LogP contribution < -0.4 is 0 Å². The van der Waals surface area contributed by atoms with E-state index in [1.54, 1.807) is 0 Å². The molecule has 0 aromatic rings. The summed E-state index contributed by atoms with van der Waals surface area (Å²) in [6, 6.07) is 0. The Morgan fingerprint density at radius 2 is 2.45 bits per heavy atom. The summed E-state index contributed by atoms with van der Waals surface area (Å²) in [4.78, 5) is 21.7. The first kappa shape index (κ1) is 8.40. The minimum Gasteiger partial charge on any atom is -0.380 e. The zero-order chi connectivity index (χ0) is 8.27. The van der Waals surface area contributed by atoms with Gasteiger partial charge in [0, 0.05) is 18.8 Å². The predicted molar refractivity (Wildman–Crippen MR) is 39.2 cm³/mol. The van der Waals surface area contributed by atoms with Crippen LogP contribution in [0.25, 0.3) is 0 Å². The Labute approximate surface area is 65.7 Å². The minimum absolute atomic E-state index is 0.0638. The first-order chi connectivity index (χ1) is 5.20. The first-order valence-electron chi connectivity index (χ1n) is 3.80. The number of ketones is 2. The number of hydrogen-bond acceptors (Lipinski definition) is 3. The second-order valence-corrected chi connectivity index (χ2v) is 2.89. The predicted octanol–water partition coefficient (Wildman–Crippen LogP) is 0.571. The highest BCUT2D eigenvalue weighted by Crippen LogP contribution is 2.13. The summed E-state index contributed by atoms with van der Waals surface area (Å²) in [5.41, 5.74) is 0. The molecule has 11 heavy (non-hydrogen) atoms. The molecule has 62 valence electrons. The van der Waals surface area contributed by atoms with Crippen LogP contribution in [0.3, 0.4) is 0 Å². The molecule has 0 aromatic carbocycles. The smallest absolute Gasteiger partial charge is 0.141 e. The molecule has 3 nitrogen and oxygen atoms in total. The van der Waals surface area contributed by atoms with E-state index >= 15 is 0 Å². The van der Waals surface area contributed by atoms with Crippen molar-refractivity contribution in [2.75, 3.05) is 13.2 Å². The molecule has 0 aromatic heterocycles. The van der Waals surface area contributed by atoms with Crippen LogP contribution in [0.4, 0.5) is 0 Å². The molecule has 1 fully saturated rings. The zero-order valence-electron chi connectivity index (χ0n) is 6.63. The Morgan fingerprint density at radius 3 is 3.00 bits per heavy atom. The van der Waals surface area contributed by atoms with Crippen LogP contribution in [0.2, 0.25) is 0 Å². The van der Waals surface area contributed by atoms with Gasteiger partial charge in [0.25, 0.3) is 0 Å². The van der Waals surface area contributed by atoms with E-state index in [0.717, 1.165) is 0 Å². The van der Waals surface area contributed by atoms with Gasteiger partial charge in [-0.05, 0) is 6.92 Å². The summed E-state index contributed by atoms with van der Waals surface area (Å²) in [5.74, 6) is 0.0709. The van der Waals surface area contributed by atoms with E-state index in [2.05, 4.69) is 0 Å². The quantitative estimate of drug-likeness (QED) is 0.587. The van der Waals surface area contributed by atoms with Gasteiger partial charge in [-0.3, -0.25) is 4.79 Å². The highest BCUT2D eigenvalue weighted by molar-refractivity contribution is 5.87. The fourth-order valence-corrected chi connectivity index (χ4v) is 1.22. The van der Waals surface area contributed by atoms with Crippen LogP contribution in [0.5, 0.6) is 0 Å². The second kappa shape index (κ2) is 3.62. The number of ether oxygens (including phenoxy) is 1. The maximum atomic E-state index is 11.1. The topological polar surface area (TPSA) is 43.4 Å². The number of rotatable bonds is 2. The van der Waals surface area contributed by atoms with Gasteiger partial charge in [0.15, 0.2) is 0 Å². The van der Waals surface area contributed by atoms with Crippen molar-refractivity contribution in [3.05, 3.63) is 0 Å². The molecule has 1 saturated heterocycles. The van der Waals surface area contributed by atoms with Gasteiger partial charge in [-0.15, -0.1) is 0 Å². The summed E-state index contributed by atoms with van der Waals surface area (Å²) in [5, 5.41) is 0. The molecular weight excluding hydrogens is 144 g/mol. The van der Waals surface area contributed by atoms with Crippen molar-refractivity contribution in [1.29, 1.82) is 0 Å². The third kappa shape index (κ3) is 2.42. The maximum Gasteiger partial charge on any atom is 0.141 e. The van der Waals surface area contributed by atoms with E-state index in [1.165, 1.54) is 6.92 Å². The average Bonchev–Trinajstić information content (AvgIpc) is 1.93. The zero-order valence-corrected chi connectivity index (χ0v) is 6.63. The van der Waals surface area contributed by atoms with Crippen molar-refractivity contribution >= 4 is 11.6 Å². The first-order valence-corrected chi connectivity index (χ1v) is 3.80. The molecule has 0 amide bonds. The van der Waals surface area contributed by atoms with Crippen LogP contribution in [0.15, 0.2) is 0 Å². The van der Waals surface area contributed by atoms with Gasteiger partial charge in [0.05, 0.1) is 13.2 Å². The van der Waals surface area contributed by atoms with Crippen molar-refractivity contribution in [1.82, 2.24) is 0 Å². The number of hydrogen-bond donors (Lipinski definition) is 0. The van der Waals surface area contributed by atoms with E-state index in [0.29, 0.717) is 26.1 Å². The molecule has 1 atom stereocenters. The molecule has 0 spiro atoms. The lowest BCUT2D eigenvalue weighted by atomic mass is 9.95. The number of Topliss-reactive ketones (excluding diaryl/α,β-unsaturated/α-hetero) is 2. The molecule has 1 unspecified atom stereocenters. The number of carbonyl (C=O) groups excluding carboxylic acids is 2. The van der Waals surface area contributed by atoms with Crippen LogP contribution in [-0.4, -0.2) is 24.8 Å². The molecule has 0 N–H and O–H groups in total. The van der Waals surface area contributed by atoms with E-state index < -0.39 is 0 Å². The molecule has 1 heterocycles. The fourth-order valence-electron chi connectivity index (χ4n) is 1.22. The normalized spacial score (nSPS) is 25.2. The van der Waals surface area contributed by atoms with Crippen LogP contribution >= 0.6 is 0 Å². The Hall–Kier alpha value is -0.700. The molecule has 1 aliphatic rings. The van der Waals surface area contributed by atoms with Gasteiger partial charge in [0.2, 0.25) is 0 Å². The van der Waals surface area contributed by atoms with Gasteiger partial charge in [0.1, 0.15) is 11.6 Å². The lowest BCUT2D eigenvalue weighted by Crippen LogP contribution is -2.28. The summed E-state index contributed by atoms with van der Waals surface area (Å²) >= 11 is 0. The van der Waals surface area contributed by atoms with Crippen molar-refractivity contribution in [2.24, 2.45) is 5.92 Å². The molecular formula is C8H12O3. The summed E-state index contributed by atoms with van der Waals surface area (Å²) in [7, 11) is 0. The molecule has 0 saturated carbocycles. The molecule has 1 rings (SSSR count). The van der Waals surface area contributed by atoms with Crippen LogP contribution in [-0.2, 0) is 14.3 Å². The van der Waals surface area contributed by atoms with Gasteiger partial charge in [-0.25, -0.2) is 0 Å². The van der Waals surface area contributed by atoms with E-state index in [4.69, 9.17) is 4.74 Å². The molecule has 0 bridgehead atoms. The molecule has 3 heteroatoms. The van der Waals surface area contributed by atoms with Gasteiger partial charge >= 0.3 is 0 Å². The minimum atomic E-state index is -0.166. The third-order valence-electron chi connectivity index (χ3n) is 1.80. The molecule has 0 aliphatic carbocycles. The third-order valence-corrected chi connectivity index (χ3v) is 1.80. The highest BCUT2D eigenvalue weighted by atomic mass is 16.5. The summed E-state index contributed by atoms with van der Waals surface area (Å²) < 4.78 is 5.08. The molecule has 0 radical (unpaired) electrons. The Morgan fingerprint density at radius 1 is 1.73 bits per heavy atom. The summed E-state index contributed by atoms with van der Waals surface area (Å²) in [6.45, 7) is 2.45. The van der Waals surface area contributed by atoms with Crippen LogP contribution in [0, 0.1) is 5.92 Å². The SMILES string of the molecule is CC(=O)CC1COCCC1=O. The molecule has 1 aliphatic heterocycles. The summed E-state index contributed by atoms with van der Waals surface area (Å²) in [6.07, 6.45) is 0.816. The van der Waals surface area contributed by atoms with Crippen molar-refractivity contribution < 1.29 is 14.3 Å². The Balaban J connectivity index is 2.42. The highest BCUT2D eigenvalue weighted by Gasteiger charge is 2.23. The second-order valence-electron chi connectivity index (χ2n) is 2.89. The maximum absolute atomic E-state index is 11.1. The van der Waals surface area contributed by atoms with Crippen molar-refractivity contribution in [2.45, 2.75) is 19.8 Å². The average molecular weight is 156 g/mol. The lowest BCUT2D eigenvalue weighted by molar-refractivity contribution is -0.134. The monoisotopic (exact) mass is 156 g/mol. The fraction of sp³-hybridized carbons (Fsp3) is 0.750. The van der Waals surface area contributed by atoms with E-state index in [-0.39, 0.29) is 17.5 Å². The Kier molecular flexibility index (Phi) is 2.76. The van der Waals surface area contributed by atoms with Gasteiger partial charge < -0.3 is 9.53 Å². The van der Waals surface area contributed by atoms with E-state index in [1.807, 2.05) is 0 Å².